The summed E-state index contributed by atoms with van der Waals surface area (Å²) in [5.74, 6) is 0.0555. The number of benzene rings is 1. The molecule has 3 aliphatic heterocycles. The third kappa shape index (κ3) is 2.93. The van der Waals surface area contributed by atoms with Crippen LogP contribution in [0.1, 0.15) is 20.3 Å². The van der Waals surface area contributed by atoms with Crippen LogP contribution in [0.15, 0.2) is 30.4 Å². The molecular formula is C22H25N3O4S. The van der Waals surface area contributed by atoms with Crippen LogP contribution in [0, 0.1) is 17.8 Å². The van der Waals surface area contributed by atoms with E-state index in [4.69, 9.17) is 9.47 Å². The average Bonchev–Trinajstić information content (AvgIpc) is 3.45. The number of amides is 2. The Morgan fingerprint density at radius 1 is 1.47 bits per heavy atom. The highest BCUT2D eigenvalue weighted by atomic mass is 32.1. The van der Waals surface area contributed by atoms with Gasteiger partial charge in [-0.2, -0.15) is 0 Å². The Balaban J connectivity index is 1.41. The molecule has 158 valence electrons. The molecule has 5 rings (SSSR count). The number of aromatic nitrogens is 1. The van der Waals surface area contributed by atoms with Crippen LogP contribution in [-0.2, 0) is 14.3 Å². The van der Waals surface area contributed by atoms with E-state index in [9.17, 15) is 9.59 Å². The number of hydrogen-bond donors (Lipinski definition) is 1. The summed E-state index contributed by atoms with van der Waals surface area (Å²) in [7, 11) is 1.62. The molecular weight excluding hydrogens is 402 g/mol. The second-order valence-corrected chi connectivity index (χ2v) is 9.64. The van der Waals surface area contributed by atoms with Crippen molar-refractivity contribution in [2.24, 2.45) is 17.8 Å². The second kappa shape index (κ2) is 7.06. The van der Waals surface area contributed by atoms with Crippen molar-refractivity contribution < 1.29 is 19.1 Å². The third-order valence-corrected chi connectivity index (χ3v) is 7.30. The Morgan fingerprint density at radius 3 is 3.07 bits per heavy atom. The maximum Gasteiger partial charge on any atom is 0.236 e. The van der Waals surface area contributed by atoms with Crippen LogP contribution in [0.4, 0.5) is 5.13 Å². The number of methoxy groups -OCH3 is 1. The summed E-state index contributed by atoms with van der Waals surface area (Å²) in [6.45, 7) is 5.24. The van der Waals surface area contributed by atoms with Crippen molar-refractivity contribution in [2.75, 3.05) is 25.1 Å². The fourth-order valence-electron chi connectivity index (χ4n) is 4.70. The summed E-state index contributed by atoms with van der Waals surface area (Å²) in [6.07, 6.45) is 4.47. The fraction of sp³-hybridized carbons (Fsp3) is 0.500. The summed E-state index contributed by atoms with van der Waals surface area (Å²) in [4.78, 5) is 32.7. The highest BCUT2D eigenvalue weighted by molar-refractivity contribution is 7.22. The summed E-state index contributed by atoms with van der Waals surface area (Å²) in [5, 5.41) is 3.64. The van der Waals surface area contributed by atoms with E-state index >= 15 is 0 Å². The molecule has 2 bridgehead atoms. The molecule has 8 heteroatoms. The molecule has 2 saturated heterocycles. The van der Waals surface area contributed by atoms with E-state index in [0.717, 1.165) is 22.4 Å². The Labute approximate surface area is 179 Å². The molecule has 0 radical (unpaired) electrons. The first-order valence-corrected chi connectivity index (χ1v) is 11.1. The number of rotatable bonds is 6. The highest BCUT2D eigenvalue weighted by Crippen LogP contribution is 2.53. The summed E-state index contributed by atoms with van der Waals surface area (Å²) in [6, 6.07) is 5.69. The molecule has 1 N–H and O–H groups in total. The maximum atomic E-state index is 13.4. The van der Waals surface area contributed by atoms with Crippen LogP contribution in [0.5, 0.6) is 5.75 Å². The first-order chi connectivity index (χ1) is 14.4. The van der Waals surface area contributed by atoms with E-state index in [2.05, 4.69) is 24.1 Å². The largest absolute Gasteiger partial charge is 0.497 e. The van der Waals surface area contributed by atoms with E-state index < -0.39 is 17.4 Å². The molecule has 30 heavy (non-hydrogen) atoms. The van der Waals surface area contributed by atoms with E-state index in [0.29, 0.717) is 24.1 Å². The molecule has 1 aromatic carbocycles. The number of nitrogens with one attached hydrogen (secondary N) is 1. The van der Waals surface area contributed by atoms with Crippen LogP contribution in [0.2, 0.25) is 0 Å². The third-order valence-electron chi connectivity index (χ3n) is 6.24. The molecule has 2 amide bonds. The minimum absolute atomic E-state index is 0.0862. The number of nitrogens with zero attached hydrogens (tertiary/aromatic N) is 2. The highest BCUT2D eigenvalue weighted by Gasteiger charge is 2.67. The van der Waals surface area contributed by atoms with Gasteiger partial charge in [-0.15, -0.1) is 0 Å². The zero-order valence-corrected chi connectivity index (χ0v) is 18.1. The lowest BCUT2D eigenvalue weighted by atomic mass is 9.77. The first-order valence-electron chi connectivity index (χ1n) is 10.3. The zero-order chi connectivity index (χ0) is 21.0. The van der Waals surface area contributed by atoms with Gasteiger partial charge < -0.3 is 14.8 Å². The van der Waals surface area contributed by atoms with Crippen LogP contribution < -0.4 is 15.0 Å². The van der Waals surface area contributed by atoms with Crippen LogP contribution in [-0.4, -0.2) is 48.7 Å². The summed E-state index contributed by atoms with van der Waals surface area (Å²) in [5.41, 5.74) is 0.0533. The van der Waals surface area contributed by atoms with Crippen molar-refractivity contribution in [3.05, 3.63) is 30.4 Å². The minimum Gasteiger partial charge on any atom is -0.497 e. The van der Waals surface area contributed by atoms with Gasteiger partial charge in [0.15, 0.2) is 5.13 Å². The summed E-state index contributed by atoms with van der Waals surface area (Å²) >= 11 is 1.46. The molecule has 2 aromatic rings. The monoisotopic (exact) mass is 427 g/mol. The van der Waals surface area contributed by atoms with E-state index in [1.165, 1.54) is 11.3 Å². The van der Waals surface area contributed by atoms with Crippen LogP contribution in [0.25, 0.3) is 10.2 Å². The predicted octanol–water partition coefficient (Wildman–Crippen LogP) is 2.75. The topological polar surface area (TPSA) is 80.8 Å². The molecule has 3 unspecified atom stereocenters. The standard InChI is InChI=1S/C22H25N3O4S/c1-12(2)7-9-23-19(26)17-15-6-8-22(29-15)11-25(20(27)18(17)22)21-24-14-10-13(28-3)4-5-16(14)30-21/h4-6,8,10,12,15,17-18H,7,9,11H2,1-3H3,(H,23,26)/t15?,17?,18?,22-/m0/s1. The van der Waals surface area contributed by atoms with Crippen LogP contribution >= 0.6 is 11.3 Å². The van der Waals surface area contributed by atoms with Crippen molar-refractivity contribution in [1.82, 2.24) is 10.3 Å². The lowest BCUT2D eigenvalue weighted by Gasteiger charge is -2.23. The van der Waals surface area contributed by atoms with Crippen molar-refractivity contribution in [1.29, 1.82) is 0 Å². The Hall–Kier alpha value is -2.45. The number of carbonyl (C=O) groups is 2. The molecule has 2 fully saturated rings. The van der Waals surface area contributed by atoms with Crippen molar-refractivity contribution in [3.63, 3.8) is 0 Å². The zero-order valence-electron chi connectivity index (χ0n) is 17.3. The lowest BCUT2D eigenvalue weighted by molar-refractivity contribution is -0.131. The van der Waals surface area contributed by atoms with Gasteiger partial charge in [0.1, 0.15) is 11.4 Å². The summed E-state index contributed by atoms with van der Waals surface area (Å²) < 4.78 is 12.5. The quantitative estimate of drug-likeness (QED) is 0.717. The second-order valence-electron chi connectivity index (χ2n) is 8.63. The molecule has 7 nitrogen and oxygen atoms in total. The molecule has 0 aliphatic carbocycles. The van der Waals surface area contributed by atoms with Crippen molar-refractivity contribution in [3.8, 4) is 5.75 Å². The lowest BCUT2D eigenvalue weighted by Crippen LogP contribution is -2.44. The van der Waals surface area contributed by atoms with Gasteiger partial charge in [-0.25, -0.2) is 4.98 Å². The van der Waals surface area contributed by atoms with E-state index in [-0.39, 0.29) is 17.9 Å². The maximum absolute atomic E-state index is 13.4. The SMILES string of the molecule is COc1ccc2sc(N3C[C@]45C=CC(O4)C(C(=O)NCCC(C)C)C5C3=O)nc2c1. The molecule has 0 saturated carbocycles. The molecule has 1 spiro atoms. The Morgan fingerprint density at radius 2 is 2.30 bits per heavy atom. The fourth-order valence-corrected chi connectivity index (χ4v) is 5.65. The van der Waals surface area contributed by atoms with Gasteiger partial charge in [0.25, 0.3) is 0 Å². The Kier molecular flexibility index (Phi) is 4.59. The number of anilines is 1. The predicted molar refractivity (Wildman–Crippen MR) is 115 cm³/mol. The van der Waals surface area contributed by atoms with Gasteiger partial charge in [-0.1, -0.05) is 37.3 Å². The molecule has 4 heterocycles. The number of carbonyl (C=O) groups excluding carboxylic acids is 2. The molecule has 1 aromatic heterocycles. The van der Waals surface area contributed by atoms with Gasteiger partial charge in [-0.3, -0.25) is 14.5 Å². The van der Waals surface area contributed by atoms with E-state index in [1.54, 1.807) is 12.0 Å². The number of ether oxygens (including phenoxy) is 2. The average molecular weight is 428 g/mol. The molecule has 3 aliphatic rings. The Bertz CT molecular complexity index is 1050. The van der Waals surface area contributed by atoms with Gasteiger partial charge in [0.05, 0.1) is 41.8 Å². The van der Waals surface area contributed by atoms with Gasteiger partial charge in [0.2, 0.25) is 11.8 Å². The van der Waals surface area contributed by atoms with Gasteiger partial charge >= 0.3 is 0 Å². The van der Waals surface area contributed by atoms with Crippen molar-refractivity contribution >= 4 is 38.5 Å². The van der Waals surface area contributed by atoms with Crippen molar-refractivity contribution in [2.45, 2.75) is 32.0 Å². The number of hydrogen-bond acceptors (Lipinski definition) is 6. The minimum atomic E-state index is -0.739. The first kappa shape index (κ1) is 19.5. The number of thiazole rings is 1. The number of fused-ring (bicyclic) bond motifs is 2. The molecule has 4 atom stereocenters. The normalized spacial score (nSPS) is 29.3. The van der Waals surface area contributed by atoms with E-state index in [1.807, 2.05) is 30.4 Å². The van der Waals surface area contributed by atoms with Gasteiger partial charge in [-0.05, 0) is 24.5 Å². The van der Waals surface area contributed by atoms with Crippen LogP contribution in [0.3, 0.4) is 0 Å². The van der Waals surface area contributed by atoms with Gasteiger partial charge in [0, 0.05) is 12.6 Å². The smallest absolute Gasteiger partial charge is 0.236 e.